The van der Waals surface area contributed by atoms with Crippen molar-refractivity contribution in [3.8, 4) is 11.5 Å². The molecule has 1 fully saturated rings. The monoisotopic (exact) mass is 461 g/mol. The molecule has 1 aromatic heterocycles. The van der Waals surface area contributed by atoms with Gasteiger partial charge in [0.15, 0.2) is 13.2 Å². The number of hydrogen-bond donors (Lipinski definition) is 3. The van der Waals surface area contributed by atoms with E-state index >= 15 is 0 Å². The molecule has 3 aliphatic rings. The highest BCUT2D eigenvalue weighted by Crippen LogP contribution is 2.47. The molecule has 1 saturated carbocycles. The molecule has 1 heterocycles. The molecule has 0 radical (unpaired) electrons. The van der Waals surface area contributed by atoms with Gasteiger partial charge < -0.3 is 25.2 Å². The smallest absolute Gasteiger partial charge is 0.262 e. The van der Waals surface area contributed by atoms with Crippen LogP contribution in [0.4, 0.5) is 4.39 Å². The lowest BCUT2D eigenvalue weighted by molar-refractivity contribution is -0.129. The van der Waals surface area contributed by atoms with Crippen LogP contribution in [0.2, 0.25) is 5.02 Å². The van der Waals surface area contributed by atoms with Gasteiger partial charge in [0.25, 0.3) is 11.8 Å². The SMILES string of the molecule is O=C(COc1ccc(Cl)c(F)c1)NC1=C2CC(NC(=O)COc3cccnc3)(C2)[C@@H](O)C1. The molecule has 32 heavy (non-hydrogen) atoms. The molecule has 168 valence electrons. The van der Waals surface area contributed by atoms with E-state index in [0.717, 1.165) is 11.6 Å². The van der Waals surface area contributed by atoms with Crippen molar-refractivity contribution in [2.24, 2.45) is 0 Å². The number of carbonyl (C=O) groups is 2. The van der Waals surface area contributed by atoms with Crippen LogP contribution in [0.3, 0.4) is 0 Å². The van der Waals surface area contributed by atoms with Gasteiger partial charge in [-0.05, 0) is 42.7 Å². The van der Waals surface area contributed by atoms with Crippen molar-refractivity contribution in [2.45, 2.75) is 30.9 Å². The molecule has 2 amide bonds. The van der Waals surface area contributed by atoms with Gasteiger partial charge >= 0.3 is 0 Å². The van der Waals surface area contributed by atoms with Crippen LogP contribution >= 0.6 is 11.6 Å². The number of carbonyl (C=O) groups excluding carboxylic acids is 2. The van der Waals surface area contributed by atoms with Crippen LogP contribution < -0.4 is 20.1 Å². The maximum atomic E-state index is 13.4. The summed E-state index contributed by atoms with van der Waals surface area (Å²) in [5.74, 6) is -0.746. The third-order valence-corrected chi connectivity index (χ3v) is 5.77. The van der Waals surface area contributed by atoms with Gasteiger partial charge in [0.1, 0.15) is 17.3 Å². The molecule has 0 spiro atoms. The average Bonchev–Trinajstić information content (AvgIpc) is 2.75. The number of rotatable bonds is 8. The molecular formula is C22H21ClFN3O5. The highest BCUT2D eigenvalue weighted by atomic mass is 35.5. The summed E-state index contributed by atoms with van der Waals surface area (Å²) in [4.78, 5) is 28.4. The van der Waals surface area contributed by atoms with E-state index in [2.05, 4.69) is 15.6 Å². The third-order valence-electron chi connectivity index (χ3n) is 5.46. The lowest BCUT2D eigenvalue weighted by Gasteiger charge is -2.52. The van der Waals surface area contributed by atoms with E-state index in [4.69, 9.17) is 21.1 Å². The summed E-state index contributed by atoms with van der Waals surface area (Å²) in [6.07, 6.45) is 3.32. The second-order valence-corrected chi connectivity index (χ2v) is 8.16. The van der Waals surface area contributed by atoms with Crippen molar-refractivity contribution in [3.05, 3.63) is 64.8 Å². The predicted molar refractivity (Wildman–Crippen MR) is 113 cm³/mol. The van der Waals surface area contributed by atoms with Crippen molar-refractivity contribution in [2.75, 3.05) is 13.2 Å². The Balaban J connectivity index is 1.27. The van der Waals surface area contributed by atoms with Gasteiger partial charge in [0.05, 0.1) is 22.9 Å². The minimum atomic E-state index is -0.857. The molecule has 5 rings (SSSR count). The van der Waals surface area contributed by atoms with Crippen LogP contribution in [0.15, 0.2) is 54.0 Å². The summed E-state index contributed by atoms with van der Waals surface area (Å²) in [6.45, 7) is -0.507. The minimum Gasteiger partial charge on any atom is -0.484 e. The van der Waals surface area contributed by atoms with Gasteiger partial charge in [-0.1, -0.05) is 11.6 Å². The Morgan fingerprint density at radius 2 is 1.94 bits per heavy atom. The summed E-state index contributed by atoms with van der Waals surface area (Å²) < 4.78 is 24.1. The van der Waals surface area contributed by atoms with E-state index in [1.54, 1.807) is 18.3 Å². The summed E-state index contributed by atoms with van der Waals surface area (Å²) in [5, 5.41) is 16.2. The molecule has 0 aliphatic heterocycles. The molecule has 2 bridgehead atoms. The van der Waals surface area contributed by atoms with E-state index in [1.165, 1.54) is 18.3 Å². The lowest BCUT2D eigenvalue weighted by atomic mass is 9.62. The van der Waals surface area contributed by atoms with Crippen molar-refractivity contribution in [1.82, 2.24) is 15.6 Å². The molecule has 1 aromatic carbocycles. The van der Waals surface area contributed by atoms with E-state index < -0.39 is 23.4 Å². The summed E-state index contributed by atoms with van der Waals surface area (Å²) in [5.41, 5.74) is 0.821. The van der Waals surface area contributed by atoms with Crippen LogP contribution in [0.25, 0.3) is 0 Å². The number of amides is 2. The highest BCUT2D eigenvalue weighted by molar-refractivity contribution is 6.30. The minimum absolute atomic E-state index is 0.0332. The van der Waals surface area contributed by atoms with Crippen molar-refractivity contribution >= 4 is 23.4 Å². The molecule has 2 aromatic rings. The number of aliphatic hydroxyl groups excluding tert-OH is 1. The Labute approximate surface area is 188 Å². The van der Waals surface area contributed by atoms with Crippen LogP contribution in [0.1, 0.15) is 19.3 Å². The fraction of sp³-hybridized carbons (Fsp3) is 0.318. The number of aliphatic hydroxyl groups is 1. The van der Waals surface area contributed by atoms with Gasteiger partial charge in [-0.15, -0.1) is 0 Å². The second kappa shape index (κ2) is 9.13. The first-order chi connectivity index (χ1) is 15.3. The van der Waals surface area contributed by atoms with Crippen molar-refractivity contribution < 1.29 is 28.6 Å². The number of nitrogens with one attached hydrogen (secondary N) is 2. The molecule has 0 saturated heterocycles. The lowest BCUT2D eigenvalue weighted by Crippen LogP contribution is -2.65. The summed E-state index contributed by atoms with van der Waals surface area (Å²) >= 11 is 5.62. The summed E-state index contributed by atoms with van der Waals surface area (Å²) in [6, 6.07) is 7.31. The zero-order valence-electron chi connectivity index (χ0n) is 16.9. The van der Waals surface area contributed by atoms with Crippen LogP contribution in [-0.4, -0.2) is 46.8 Å². The topological polar surface area (TPSA) is 110 Å². The van der Waals surface area contributed by atoms with Gasteiger partial charge in [0.2, 0.25) is 0 Å². The first-order valence-corrected chi connectivity index (χ1v) is 10.3. The highest BCUT2D eigenvalue weighted by Gasteiger charge is 2.52. The number of nitrogens with zero attached hydrogens (tertiary/aromatic N) is 1. The number of ether oxygens (including phenoxy) is 2. The Hall–Kier alpha value is -3.17. The number of aromatic nitrogens is 1. The van der Waals surface area contributed by atoms with E-state index in [0.29, 0.717) is 24.3 Å². The zero-order valence-corrected chi connectivity index (χ0v) is 17.7. The van der Waals surface area contributed by atoms with Gasteiger partial charge in [-0.3, -0.25) is 14.6 Å². The van der Waals surface area contributed by atoms with Gasteiger partial charge in [-0.25, -0.2) is 4.39 Å². The predicted octanol–water partition coefficient (Wildman–Crippen LogP) is 2.12. The van der Waals surface area contributed by atoms with E-state index in [9.17, 15) is 19.1 Å². The molecule has 3 N–H and O–H groups in total. The molecule has 3 aliphatic carbocycles. The van der Waals surface area contributed by atoms with Crippen molar-refractivity contribution in [3.63, 3.8) is 0 Å². The molecule has 0 unspecified atom stereocenters. The Morgan fingerprint density at radius 1 is 1.19 bits per heavy atom. The van der Waals surface area contributed by atoms with Gasteiger partial charge in [0, 0.05) is 24.4 Å². The van der Waals surface area contributed by atoms with E-state index in [-0.39, 0.29) is 36.3 Å². The Kier molecular flexibility index (Phi) is 6.29. The number of fused-ring (bicyclic) bond motifs is 2. The summed E-state index contributed by atoms with van der Waals surface area (Å²) in [7, 11) is 0. The molecule has 10 heteroatoms. The zero-order chi connectivity index (χ0) is 22.7. The van der Waals surface area contributed by atoms with Crippen LogP contribution in [-0.2, 0) is 9.59 Å². The van der Waals surface area contributed by atoms with E-state index in [1.807, 2.05) is 0 Å². The first-order valence-electron chi connectivity index (χ1n) is 9.95. The normalized spacial score (nSPS) is 21.4. The standard InChI is InChI=1S/C22H21ClFN3O5/c23-16-4-3-14(6-17(16)24)31-11-20(29)26-18-7-19(28)22(8-13(18)9-22)27-21(30)12-32-15-2-1-5-25-10-15/h1-6,10,19,28H,7-9,11-12H2,(H,26,29)(H,27,30)/t19-/m0/s1. The Morgan fingerprint density at radius 3 is 2.62 bits per heavy atom. The largest absolute Gasteiger partial charge is 0.484 e. The van der Waals surface area contributed by atoms with Crippen molar-refractivity contribution in [1.29, 1.82) is 0 Å². The number of pyridine rings is 1. The molecular weight excluding hydrogens is 441 g/mol. The number of benzene rings is 1. The molecule has 8 nitrogen and oxygen atoms in total. The van der Waals surface area contributed by atoms with Crippen LogP contribution in [0.5, 0.6) is 11.5 Å². The van der Waals surface area contributed by atoms with Crippen LogP contribution in [0, 0.1) is 5.82 Å². The number of halogens is 2. The fourth-order valence-corrected chi connectivity index (χ4v) is 3.94. The van der Waals surface area contributed by atoms with Gasteiger partial charge in [-0.2, -0.15) is 0 Å². The quantitative estimate of drug-likeness (QED) is 0.555. The third kappa shape index (κ3) is 4.84. The average molecular weight is 462 g/mol. The number of hydrogen-bond acceptors (Lipinski definition) is 6. The Bertz CT molecular complexity index is 1050. The first kappa shape index (κ1) is 22.0. The molecule has 1 atom stereocenters. The maximum absolute atomic E-state index is 13.4. The second-order valence-electron chi connectivity index (χ2n) is 7.75. The fourth-order valence-electron chi connectivity index (χ4n) is 3.82. The maximum Gasteiger partial charge on any atom is 0.262 e.